The predicted octanol–water partition coefficient (Wildman–Crippen LogP) is 1.77. The lowest BCUT2D eigenvalue weighted by atomic mass is 10.1. The average molecular weight is 333 g/mol. The van der Waals surface area contributed by atoms with Crippen molar-refractivity contribution in [2.24, 2.45) is 0 Å². The van der Waals surface area contributed by atoms with Crippen LogP contribution in [0.4, 0.5) is 4.39 Å². The van der Waals surface area contributed by atoms with Gasteiger partial charge in [0.1, 0.15) is 23.8 Å². The Morgan fingerprint density at radius 1 is 1.54 bits per heavy atom. The molecule has 1 aromatic heterocycles. The molecule has 0 aliphatic carbocycles. The average Bonchev–Trinajstić information content (AvgIpc) is 3.19. The van der Waals surface area contributed by atoms with Gasteiger partial charge < -0.3 is 14.7 Å². The first kappa shape index (κ1) is 16.4. The van der Waals surface area contributed by atoms with Crippen molar-refractivity contribution in [1.29, 1.82) is 0 Å². The van der Waals surface area contributed by atoms with Crippen LogP contribution in [-0.4, -0.2) is 51.4 Å². The van der Waals surface area contributed by atoms with Crippen LogP contribution in [0.3, 0.4) is 0 Å². The number of aliphatic hydroxyl groups is 1. The fraction of sp³-hybridized carbons (Fsp3) is 0.412. The molecule has 3 rings (SSSR count). The lowest BCUT2D eigenvalue weighted by Crippen LogP contribution is -2.40. The highest BCUT2D eigenvalue weighted by Gasteiger charge is 2.39. The van der Waals surface area contributed by atoms with Gasteiger partial charge in [0.2, 0.25) is 0 Å². The maximum atomic E-state index is 13.2. The molecule has 1 aliphatic heterocycles. The number of halogens is 1. The van der Waals surface area contributed by atoms with E-state index in [0.29, 0.717) is 30.7 Å². The standard InChI is InChI=1S/C17H20FN3O3/c1-2-15-14(9-19-20-15)16(22)21-7-6-17(23,10-21)11-24-13-5-3-4-12(18)8-13/h3-5,8-9,23H,2,6-7,10-11H2,1H3,(H,19,20). The third-order valence-electron chi connectivity index (χ3n) is 4.23. The van der Waals surface area contributed by atoms with Crippen LogP contribution in [0.2, 0.25) is 0 Å². The molecule has 24 heavy (non-hydrogen) atoms. The molecule has 1 unspecified atom stereocenters. The zero-order chi connectivity index (χ0) is 17.2. The Bertz CT molecular complexity index is 733. The summed E-state index contributed by atoms with van der Waals surface area (Å²) in [5.41, 5.74) is 0.178. The molecule has 0 saturated carbocycles. The Kier molecular flexibility index (Phi) is 4.53. The number of β-amino-alcohol motifs (C(OH)–C–C–N with tert-alkyl or cyclic N) is 1. The Morgan fingerprint density at radius 2 is 2.38 bits per heavy atom. The number of nitrogens with zero attached hydrogens (tertiary/aromatic N) is 2. The predicted molar refractivity (Wildman–Crippen MR) is 85.3 cm³/mol. The normalized spacial score (nSPS) is 20.4. The summed E-state index contributed by atoms with van der Waals surface area (Å²) in [6, 6.07) is 5.77. The molecule has 1 amide bonds. The Balaban J connectivity index is 1.62. The number of amides is 1. The third kappa shape index (κ3) is 3.41. The second-order valence-corrected chi connectivity index (χ2v) is 6.06. The van der Waals surface area contributed by atoms with Crippen molar-refractivity contribution in [2.75, 3.05) is 19.7 Å². The second kappa shape index (κ2) is 6.60. The minimum atomic E-state index is -1.14. The zero-order valence-electron chi connectivity index (χ0n) is 13.5. The van der Waals surface area contributed by atoms with E-state index in [1.165, 1.54) is 18.3 Å². The van der Waals surface area contributed by atoms with E-state index in [2.05, 4.69) is 10.2 Å². The molecule has 7 heteroatoms. The lowest BCUT2D eigenvalue weighted by molar-refractivity contribution is 0.00421. The van der Waals surface area contributed by atoms with Gasteiger partial charge in [-0.2, -0.15) is 5.10 Å². The van der Waals surface area contributed by atoms with E-state index in [1.54, 1.807) is 17.0 Å². The molecule has 2 aromatic rings. The molecule has 128 valence electrons. The van der Waals surface area contributed by atoms with E-state index in [-0.39, 0.29) is 19.1 Å². The van der Waals surface area contributed by atoms with Gasteiger partial charge in [-0.1, -0.05) is 13.0 Å². The topological polar surface area (TPSA) is 78.5 Å². The smallest absolute Gasteiger partial charge is 0.257 e. The Hall–Kier alpha value is -2.41. The van der Waals surface area contributed by atoms with Gasteiger partial charge in [0.05, 0.1) is 18.3 Å². The number of rotatable bonds is 5. The number of aromatic amines is 1. The largest absolute Gasteiger partial charge is 0.490 e. The van der Waals surface area contributed by atoms with Crippen molar-refractivity contribution >= 4 is 5.91 Å². The van der Waals surface area contributed by atoms with Crippen molar-refractivity contribution in [3.05, 3.63) is 47.5 Å². The summed E-state index contributed by atoms with van der Waals surface area (Å²) < 4.78 is 18.6. The summed E-state index contributed by atoms with van der Waals surface area (Å²) in [5.74, 6) is -0.187. The second-order valence-electron chi connectivity index (χ2n) is 6.06. The van der Waals surface area contributed by atoms with E-state index >= 15 is 0 Å². The van der Waals surface area contributed by atoms with Gasteiger partial charge in [0.25, 0.3) is 5.91 Å². The Morgan fingerprint density at radius 3 is 3.12 bits per heavy atom. The number of aromatic nitrogens is 2. The van der Waals surface area contributed by atoms with Crippen LogP contribution in [0, 0.1) is 5.82 Å². The number of hydrogen-bond acceptors (Lipinski definition) is 4. The molecule has 0 spiro atoms. The molecule has 1 atom stereocenters. The minimum absolute atomic E-state index is 0.00621. The molecule has 0 bridgehead atoms. The molecule has 1 saturated heterocycles. The third-order valence-corrected chi connectivity index (χ3v) is 4.23. The van der Waals surface area contributed by atoms with Crippen LogP contribution >= 0.6 is 0 Å². The van der Waals surface area contributed by atoms with Crippen LogP contribution in [0.1, 0.15) is 29.4 Å². The summed E-state index contributed by atoms with van der Waals surface area (Å²) in [7, 11) is 0. The first-order chi connectivity index (χ1) is 11.5. The lowest BCUT2D eigenvalue weighted by Gasteiger charge is -2.23. The van der Waals surface area contributed by atoms with E-state index in [4.69, 9.17) is 4.74 Å². The summed E-state index contributed by atoms with van der Waals surface area (Å²) >= 11 is 0. The highest BCUT2D eigenvalue weighted by atomic mass is 19.1. The summed E-state index contributed by atoms with van der Waals surface area (Å²) in [5, 5.41) is 17.4. The van der Waals surface area contributed by atoms with E-state index in [1.807, 2.05) is 6.92 Å². The van der Waals surface area contributed by atoms with Crippen LogP contribution < -0.4 is 4.74 Å². The number of carbonyl (C=O) groups is 1. The van der Waals surface area contributed by atoms with Crippen LogP contribution in [0.5, 0.6) is 5.75 Å². The fourth-order valence-corrected chi connectivity index (χ4v) is 2.86. The number of hydrogen-bond donors (Lipinski definition) is 2. The molecule has 2 N–H and O–H groups in total. The van der Waals surface area contributed by atoms with E-state index in [0.717, 1.165) is 5.69 Å². The van der Waals surface area contributed by atoms with Gasteiger partial charge >= 0.3 is 0 Å². The van der Waals surface area contributed by atoms with Gasteiger partial charge in [-0.15, -0.1) is 0 Å². The number of carbonyl (C=O) groups excluding carboxylic acids is 1. The Labute approximate surface area is 139 Å². The monoisotopic (exact) mass is 333 g/mol. The maximum absolute atomic E-state index is 13.2. The quantitative estimate of drug-likeness (QED) is 0.874. The first-order valence-corrected chi connectivity index (χ1v) is 7.93. The van der Waals surface area contributed by atoms with E-state index < -0.39 is 11.4 Å². The molecule has 1 aliphatic rings. The van der Waals surface area contributed by atoms with Gasteiger partial charge in [-0.3, -0.25) is 9.89 Å². The van der Waals surface area contributed by atoms with Crippen molar-refractivity contribution in [3.8, 4) is 5.75 Å². The SMILES string of the molecule is CCc1[nH]ncc1C(=O)N1CCC(O)(COc2cccc(F)c2)C1. The molecular weight excluding hydrogens is 313 g/mol. The number of nitrogens with one attached hydrogen (secondary N) is 1. The number of aryl methyl sites for hydroxylation is 1. The van der Waals surface area contributed by atoms with Crippen molar-refractivity contribution in [1.82, 2.24) is 15.1 Å². The van der Waals surface area contributed by atoms with Crippen LogP contribution in [0.25, 0.3) is 0 Å². The summed E-state index contributed by atoms with van der Waals surface area (Å²) in [6.45, 7) is 2.56. The van der Waals surface area contributed by atoms with E-state index in [9.17, 15) is 14.3 Å². The zero-order valence-corrected chi connectivity index (χ0v) is 13.5. The van der Waals surface area contributed by atoms with Gasteiger partial charge in [-0.25, -0.2) is 4.39 Å². The number of benzene rings is 1. The molecule has 1 fully saturated rings. The molecule has 1 aromatic carbocycles. The summed E-state index contributed by atoms with van der Waals surface area (Å²) in [6.07, 6.45) is 2.61. The molecule has 6 nitrogen and oxygen atoms in total. The van der Waals surface area contributed by atoms with Crippen molar-refractivity contribution in [3.63, 3.8) is 0 Å². The highest BCUT2D eigenvalue weighted by molar-refractivity contribution is 5.95. The van der Waals surface area contributed by atoms with Gasteiger partial charge in [-0.05, 0) is 25.0 Å². The van der Waals surface area contributed by atoms with Gasteiger partial charge in [0, 0.05) is 18.3 Å². The number of ether oxygens (including phenoxy) is 1. The van der Waals surface area contributed by atoms with Crippen LogP contribution in [0.15, 0.2) is 30.5 Å². The number of likely N-dealkylation sites (tertiary alicyclic amines) is 1. The molecule has 0 radical (unpaired) electrons. The molecular formula is C17H20FN3O3. The van der Waals surface area contributed by atoms with Crippen LogP contribution in [-0.2, 0) is 6.42 Å². The first-order valence-electron chi connectivity index (χ1n) is 7.93. The maximum Gasteiger partial charge on any atom is 0.257 e. The number of H-pyrrole nitrogens is 1. The fourth-order valence-electron chi connectivity index (χ4n) is 2.86. The molecule has 2 heterocycles. The highest BCUT2D eigenvalue weighted by Crippen LogP contribution is 2.25. The summed E-state index contributed by atoms with van der Waals surface area (Å²) in [4.78, 5) is 14.2. The minimum Gasteiger partial charge on any atom is -0.490 e. The van der Waals surface area contributed by atoms with Crippen molar-refractivity contribution in [2.45, 2.75) is 25.4 Å². The van der Waals surface area contributed by atoms with Gasteiger partial charge in [0.15, 0.2) is 0 Å². The van der Waals surface area contributed by atoms with Crippen molar-refractivity contribution < 1.29 is 19.0 Å².